The van der Waals surface area contributed by atoms with Crippen molar-refractivity contribution in [1.29, 1.82) is 0 Å². The summed E-state index contributed by atoms with van der Waals surface area (Å²) in [4.78, 5) is 0.218. The number of hydrogen-bond acceptors (Lipinski definition) is 2. The van der Waals surface area contributed by atoms with Crippen LogP contribution in [0, 0.1) is 6.92 Å². The zero-order valence-electron chi connectivity index (χ0n) is 10.4. The number of sulfonamides is 1. The molecule has 0 bridgehead atoms. The van der Waals surface area contributed by atoms with E-state index in [1.807, 2.05) is 30.3 Å². The van der Waals surface area contributed by atoms with E-state index in [4.69, 9.17) is 11.6 Å². The molecule has 0 atom stereocenters. The smallest absolute Gasteiger partial charge is 0.207 e. The van der Waals surface area contributed by atoms with Gasteiger partial charge in [-0.05, 0) is 30.2 Å². The van der Waals surface area contributed by atoms with E-state index < -0.39 is 10.0 Å². The van der Waals surface area contributed by atoms with E-state index in [0.29, 0.717) is 10.6 Å². The van der Waals surface area contributed by atoms with E-state index in [-0.39, 0.29) is 11.4 Å². The number of hydrogen-bond donors (Lipinski definition) is 1. The molecule has 0 saturated heterocycles. The Bertz CT molecular complexity index is 669. The van der Waals surface area contributed by atoms with Crippen LogP contribution >= 0.6 is 11.6 Å². The van der Waals surface area contributed by atoms with Crippen LogP contribution in [0.25, 0.3) is 0 Å². The van der Waals surface area contributed by atoms with Crippen LogP contribution in [0.5, 0.6) is 0 Å². The second-order valence-corrected chi connectivity index (χ2v) is 6.32. The second-order valence-electron chi connectivity index (χ2n) is 4.17. The van der Waals surface area contributed by atoms with E-state index in [1.165, 1.54) is 0 Å². The fourth-order valence-corrected chi connectivity index (χ4v) is 3.24. The molecular weight excluding hydrogens is 282 g/mol. The van der Waals surface area contributed by atoms with Crippen molar-refractivity contribution in [2.75, 3.05) is 0 Å². The summed E-state index contributed by atoms with van der Waals surface area (Å²) >= 11 is 5.94. The van der Waals surface area contributed by atoms with E-state index in [1.54, 1.807) is 25.1 Å². The molecule has 0 aliphatic heterocycles. The van der Waals surface area contributed by atoms with Gasteiger partial charge in [-0.25, -0.2) is 13.1 Å². The molecule has 3 nitrogen and oxygen atoms in total. The first-order valence-corrected chi connectivity index (χ1v) is 7.65. The molecule has 0 saturated carbocycles. The van der Waals surface area contributed by atoms with Crippen LogP contribution in [0.2, 0.25) is 5.02 Å². The van der Waals surface area contributed by atoms with Gasteiger partial charge in [-0.15, -0.1) is 0 Å². The minimum absolute atomic E-state index is 0.218. The summed E-state index contributed by atoms with van der Waals surface area (Å²) in [5.74, 6) is 0. The van der Waals surface area contributed by atoms with Gasteiger partial charge in [-0.1, -0.05) is 48.0 Å². The molecule has 0 fully saturated rings. The Morgan fingerprint density at radius 1 is 1.05 bits per heavy atom. The van der Waals surface area contributed by atoms with Crippen LogP contribution in [0.1, 0.15) is 11.1 Å². The normalized spacial score (nSPS) is 11.5. The van der Waals surface area contributed by atoms with Crippen molar-refractivity contribution in [2.24, 2.45) is 0 Å². The molecule has 0 heterocycles. The predicted octanol–water partition coefficient (Wildman–Crippen LogP) is 3.13. The monoisotopic (exact) mass is 295 g/mol. The Kier molecular flexibility index (Phi) is 4.24. The topological polar surface area (TPSA) is 46.2 Å². The molecule has 2 aromatic carbocycles. The lowest BCUT2D eigenvalue weighted by Gasteiger charge is -2.10. The zero-order chi connectivity index (χ0) is 13.9. The highest BCUT2D eigenvalue weighted by Crippen LogP contribution is 2.22. The highest BCUT2D eigenvalue weighted by molar-refractivity contribution is 7.89. The van der Waals surface area contributed by atoms with Crippen molar-refractivity contribution < 1.29 is 8.42 Å². The molecule has 19 heavy (non-hydrogen) atoms. The quantitative estimate of drug-likeness (QED) is 0.942. The molecule has 2 rings (SSSR count). The minimum atomic E-state index is -3.55. The van der Waals surface area contributed by atoms with Gasteiger partial charge in [0.1, 0.15) is 0 Å². The minimum Gasteiger partial charge on any atom is -0.207 e. The zero-order valence-corrected chi connectivity index (χ0v) is 12.0. The first-order chi connectivity index (χ1) is 9.00. The van der Waals surface area contributed by atoms with Crippen LogP contribution in [-0.4, -0.2) is 8.42 Å². The SMILES string of the molecule is Cc1c(Cl)cccc1S(=O)(=O)NCc1ccccc1. The van der Waals surface area contributed by atoms with Gasteiger partial charge in [-0.2, -0.15) is 0 Å². The molecular formula is C14H14ClNO2S. The standard InChI is InChI=1S/C14H14ClNO2S/c1-11-13(15)8-5-9-14(11)19(17,18)16-10-12-6-3-2-4-7-12/h2-9,16H,10H2,1H3. The lowest BCUT2D eigenvalue weighted by molar-refractivity contribution is 0.580. The fourth-order valence-electron chi connectivity index (χ4n) is 1.73. The Labute approximate surface area is 118 Å². The lowest BCUT2D eigenvalue weighted by atomic mass is 10.2. The van der Waals surface area contributed by atoms with E-state index in [9.17, 15) is 8.42 Å². The average molecular weight is 296 g/mol. The molecule has 1 N–H and O–H groups in total. The summed E-state index contributed by atoms with van der Waals surface area (Å²) in [5.41, 5.74) is 1.47. The van der Waals surface area contributed by atoms with Gasteiger partial charge < -0.3 is 0 Å². The predicted molar refractivity (Wildman–Crippen MR) is 76.7 cm³/mol. The lowest BCUT2D eigenvalue weighted by Crippen LogP contribution is -2.24. The van der Waals surface area contributed by atoms with Crippen LogP contribution in [0.4, 0.5) is 0 Å². The Hall–Kier alpha value is -1.36. The van der Waals surface area contributed by atoms with Gasteiger partial charge >= 0.3 is 0 Å². The molecule has 0 aromatic heterocycles. The fraction of sp³-hybridized carbons (Fsp3) is 0.143. The number of halogens is 1. The second kappa shape index (κ2) is 5.74. The highest BCUT2D eigenvalue weighted by atomic mass is 35.5. The Morgan fingerprint density at radius 2 is 1.74 bits per heavy atom. The molecule has 100 valence electrons. The van der Waals surface area contributed by atoms with Crippen molar-refractivity contribution in [2.45, 2.75) is 18.4 Å². The van der Waals surface area contributed by atoms with Crippen LogP contribution in [0.3, 0.4) is 0 Å². The molecule has 0 aliphatic rings. The van der Waals surface area contributed by atoms with Gasteiger partial charge in [-0.3, -0.25) is 0 Å². The molecule has 0 aliphatic carbocycles. The molecule has 0 unspecified atom stereocenters. The third-order valence-electron chi connectivity index (χ3n) is 2.82. The average Bonchev–Trinajstić information content (AvgIpc) is 2.41. The van der Waals surface area contributed by atoms with Crippen molar-refractivity contribution in [3.63, 3.8) is 0 Å². The number of benzene rings is 2. The maximum absolute atomic E-state index is 12.2. The van der Waals surface area contributed by atoms with Gasteiger partial charge in [0, 0.05) is 11.6 Å². The summed E-state index contributed by atoms with van der Waals surface area (Å²) in [6, 6.07) is 14.2. The molecule has 0 radical (unpaired) electrons. The van der Waals surface area contributed by atoms with Crippen LogP contribution < -0.4 is 4.72 Å². The van der Waals surface area contributed by atoms with E-state index in [2.05, 4.69) is 4.72 Å². The van der Waals surface area contributed by atoms with Gasteiger partial charge in [0.25, 0.3) is 0 Å². The first-order valence-electron chi connectivity index (χ1n) is 5.79. The van der Waals surface area contributed by atoms with Crippen molar-refractivity contribution >= 4 is 21.6 Å². The Morgan fingerprint density at radius 3 is 2.42 bits per heavy atom. The number of rotatable bonds is 4. The van der Waals surface area contributed by atoms with Gasteiger partial charge in [0.2, 0.25) is 10.0 Å². The molecule has 0 spiro atoms. The number of nitrogens with one attached hydrogen (secondary N) is 1. The summed E-state index contributed by atoms with van der Waals surface area (Å²) < 4.78 is 27.0. The summed E-state index contributed by atoms with van der Waals surface area (Å²) in [7, 11) is -3.55. The largest absolute Gasteiger partial charge is 0.241 e. The highest BCUT2D eigenvalue weighted by Gasteiger charge is 2.17. The molecule has 2 aromatic rings. The van der Waals surface area contributed by atoms with Crippen molar-refractivity contribution in [1.82, 2.24) is 4.72 Å². The van der Waals surface area contributed by atoms with E-state index >= 15 is 0 Å². The maximum Gasteiger partial charge on any atom is 0.241 e. The summed E-state index contributed by atoms with van der Waals surface area (Å²) in [5, 5.41) is 0.447. The van der Waals surface area contributed by atoms with E-state index in [0.717, 1.165) is 5.56 Å². The molecule has 0 amide bonds. The van der Waals surface area contributed by atoms with Crippen LogP contribution in [0.15, 0.2) is 53.4 Å². The summed E-state index contributed by atoms with van der Waals surface area (Å²) in [6.07, 6.45) is 0. The van der Waals surface area contributed by atoms with Gasteiger partial charge in [0.05, 0.1) is 4.90 Å². The van der Waals surface area contributed by atoms with Gasteiger partial charge in [0.15, 0.2) is 0 Å². The third kappa shape index (κ3) is 3.35. The Balaban J connectivity index is 2.22. The molecule has 5 heteroatoms. The summed E-state index contributed by atoms with van der Waals surface area (Å²) in [6.45, 7) is 1.95. The first kappa shape index (κ1) is 14.1. The van der Waals surface area contributed by atoms with Crippen molar-refractivity contribution in [3.8, 4) is 0 Å². The van der Waals surface area contributed by atoms with Crippen LogP contribution in [-0.2, 0) is 16.6 Å². The third-order valence-corrected chi connectivity index (χ3v) is 4.77. The maximum atomic E-state index is 12.2. The van der Waals surface area contributed by atoms with Crippen molar-refractivity contribution in [3.05, 3.63) is 64.7 Å².